The highest BCUT2D eigenvalue weighted by atomic mass is 32.1. The molecule has 1 aromatic heterocycles. The van der Waals surface area contributed by atoms with Crippen molar-refractivity contribution >= 4 is 21.4 Å². The largest absolute Gasteiger partial charge is 0.135 e. The predicted octanol–water partition coefficient (Wildman–Crippen LogP) is 4.47. The maximum Gasteiger partial charge on any atom is 0.0393 e. The minimum absolute atomic E-state index is 1.11. The average molecular weight is 222 g/mol. The van der Waals surface area contributed by atoms with Crippen molar-refractivity contribution in [3.05, 3.63) is 59.7 Å². The molecule has 1 aliphatic carbocycles. The Kier molecular flexibility index (Phi) is 1.58. The van der Waals surface area contributed by atoms with Gasteiger partial charge in [-0.1, -0.05) is 42.5 Å². The molecule has 3 aromatic rings. The van der Waals surface area contributed by atoms with Crippen LogP contribution in [0.3, 0.4) is 0 Å². The summed E-state index contributed by atoms with van der Waals surface area (Å²) in [6.45, 7) is 0. The zero-order chi connectivity index (χ0) is 10.5. The zero-order valence-electron chi connectivity index (χ0n) is 8.73. The molecule has 0 aliphatic heterocycles. The molecule has 1 aliphatic rings. The van der Waals surface area contributed by atoms with Crippen molar-refractivity contribution < 1.29 is 0 Å². The molecule has 0 unspecified atom stereocenters. The summed E-state index contributed by atoms with van der Waals surface area (Å²) in [7, 11) is 0. The highest BCUT2D eigenvalue weighted by Crippen LogP contribution is 2.45. The second kappa shape index (κ2) is 2.96. The molecule has 0 radical (unpaired) electrons. The van der Waals surface area contributed by atoms with Crippen LogP contribution in [0, 0.1) is 0 Å². The van der Waals surface area contributed by atoms with Crippen LogP contribution in [0.1, 0.15) is 11.1 Å². The van der Waals surface area contributed by atoms with Crippen LogP contribution in [0.5, 0.6) is 0 Å². The Balaban J connectivity index is 2.12. The summed E-state index contributed by atoms with van der Waals surface area (Å²) < 4.78 is 1.42. The van der Waals surface area contributed by atoms with Crippen molar-refractivity contribution in [2.45, 2.75) is 6.42 Å². The second-order valence-electron chi connectivity index (χ2n) is 4.24. The third kappa shape index (κ3) is 0.987. The summed E-state index contributed by atoms with van der Waals surface area (Å²) >= 11 is 1.93. The maximum atomic E-state index is 2.25. The summed E-state index contributed by atoms with van der Waals surface area (Å²) in [4.78, 5) is 1.48. The van der Waals surface area contributed by atoms with Crippen LogP contribution in [0.4, 0.5) is 0 Å². The molecule has 0 nitrogen and oxygen atoms in total. The summed E-state index contributed by atoms with van der Waals surface area (Å²) in [5, 5.41) is 1.44. The van der Waals surface area contributed by atoms with E-state index in [1.54, 1.807) is 0 Å². The van der Waals surface area contributed by atoms with Crippen LogP contribution in [0.25, 0.3) is 20.5 Å². The van der Waals surface area contributed by atoms with E-state index in [2.05, 4.69) is 48.5 Å². The molecule has 0 N–H and O–H groups in total. The van der Waals surface area contributed by atoms with Crippen molar-refractivity contribution in [1.82, 2.24) is 0 Å². The molecule has 0 amide bonds. The highest BCUT2D eigenvalue weighted by molar-refractivity contribution is 7.22. The van der Waals surface area contributed by atoms with Crippen LogP contribution in [-0.2, 0) is 6.42 Å². The van der Waals surface area contributed by atoms with Gasteiger partial charge in [-0.2, -0.15) is 0 Å². The van der Waals surface area contributed by atoms with Gasteiger partial charge in [-0.3, -0.25) is 0 Å². The van der Waals surface area contributed by atoms with Gasteiger partial charge in [0.25, 0.3) is 0 Å². The van der Waals surface area contributed by atoms with Gasteiger partial charge in [0.15, 0.2) is 0 Å². The van der Waals surface area contributed by atoms with Crippen LogP contribution in [0.2, 0.25) is 0 Å². The molecule has 0 bridgehead atoms. The van der Waals surface area contributed by atoms with E-state index in [9.17, 15) is 0 Å². The maximum absolute atomic E-state index is 2.25. The van der Waals surface area contributed by atoms with Gasteiger partial charge in [0.05, 0.1) is 0 Å². The van der Waals surface area contributed by atoms with Crippen molar-refractivity contribution in [2.75, 3.05) is 0 Å². The zero-order valence-corrected chi connectivity index (χ0v) is 9.55. The Bertz CT molecular complexity index is 691. The molecule has 0 fully saturated rings. The van der Waals surface area contributed by atoms with Crippen molar-refractivity contribution in [1.29, 1.82) is 0 Å². The molecule has 4 rings (SSSR count). The van der Waals surface area contributed by atoms with Crippen LogP contribution in [0.15, 0.2) is 48.5 Å². The lowest BCUT2D eigenvalue weighted by Crippen LogP contribution is -1.79. The van der Waals surface area contributed by atoms with E-state index in [-0.39, 0.29) is 0 Å². The number of fused-ring (bicyclic) bond motifs is 5. The number of rotatable bonds is 0. The standard InChI is InChI=1S/C15H10S/c1-2-6-11-10(5-1)9-13-12-7-3-4-8-14(12)16-15(11)13/h1-8H,9H2. The molecule has 76 valence electrons. The smallest absolute Gasteiger partial charge is 0.0393 e. The van der Waals surface area contributed by atoms with Gasteiger partial charge < -0.3 is 0 Å². The topological polar surface area (TPSA) is 0 Å². The number of thiophene rings is 1. The van der Waals surface area contributed by atoms with E-state index < -0.39 is 0 Å². The minimum atomic E-state index is 1.11. The molecular formula is C15H10S. The molecule has 1 heteroatoms. The Morgan fingerprint density at radius 3 is 2.69 bits per heavy atom. The van der Waals surface area contributed by atoms with Crippen LogP contribution < -0.4 is 0 Å². The average Bonchev–Trinajstić information content (AvgIpc) is 2.85. The summed E-state index contributed by atoms with van der Waals surface area (Å²) in [6.07, 6.45) is 1.11. The summed E-state index contributed by atoms with van der Waals surface area (Å²) in [5.41, 5.74) is 4.45. The normalized spacial score (nSPS) is 12.8. The molecule has 0 spiro atoms. The lowest BCUT2D eigenvalue weighted by atomic mass is 10.1. The van der Waals surface area contributed by atoms with Crippen LogP contribution in [-0.4, -0.2) is 0 Å². The SMILES string of the molecule is c1ccc2c(c1)Cc1c-2sc2ccccc12. The quantitative estimate of drug-likeness (QED) is 0.411. The van der Waals surface area contributed by atoms with Gasteiger partial charge in [0, 0.05) is 16.0 Å². The number of hydrogen-bond acceptors (Lipinski definition) is 1. The van der Waals surface area contributed by atoms with E-state index in [4.69, 9.17) is 0 Å². The molecule has 1 heterocycles. The van der Waals surface area contributed by atoms with Crippen LogP contribution >= 0.6 is 11.3 Å². The van der Waals surface area contributed by atoms with Crippen molar-refractivity contribution in [3.63, 3.8) is 0 Å². The van der Waals surface area contributed by atoms with E-state index in [0.29, 0.717) is 0 Å². The van der Waals surface area contributed by atoms with Crippen molar-refractivity contribution in [2.24, 2.45) is 0 Å². The first-order valence-electron chi connectivity index (χ1n) is 5.52. The van der Waals surface area contributed by atoms with Gasteiger partial charge in [0.2, 0.25) is 0 Å². The van der Waals surface area contributed by atoms with Gasteiger partial charge in [-0.15, -0.1) is 11.3 Å². The molecular weight excluding hydrogens is 212 g/mol. The highest BCUT2D eigenvalue weighted by Gasteiger charge is 2.22. The first-order valence-corrected chi connectivity index (χ1v) is 6.34. The Morgan fingerprint density at radius 1 is 0.875 bits per heavy atom. The third-order valence-electron chi connectivity index (χ3n) is 3.33. The van der Waals surface area contributed by atoms with Crippen molar-refractivity contribution in [3.8, 4) is 10.4 Å². The lowest BCUT2D eigenvalue weighted by Gasteiger charge is -1.97. The minimum Gasteiger partial charge on any atom is -0.135 e. The fourth-order valence-corrected chi connectivity index (χ4v) is 3.86. The number of hydrogen-bond donors (Lipinski definition) is 0. The molecule has 2 aromatic carbocycles. The summed E-state index contributed by atoms with van der Waals surface area (Å²) in [5.74, 6) is 0. The lowest BCUT2D eigenvalue weighted by molar-refractivity contribution is 1.29. The third-order valence-corrected chi connectivity index (χ3v) is 4.57. The fourth-order valence-electron chi connectivity index (χ4n) is 2.58. The monoisotopic (exact) mass is 222 g/mol. The molecule has 0 atom stereocenters. The first kappa shape index (κ1) is 8.54. The Morgan fingerprint density at radius 2 is 1.69 bits per heavy atom. The second-order valence-corrected chi connectivity index (χ2v) is 5.29. The fraction of sp³-hybridized carbons (Fsp3) is 0.0667. The van der Waals surface area contributed by atoms with Gasteiger partial charge in [0.1, 0.15) is 0 Å². The Hall–Kier alpha value is -1.60. The first-order chi connectivity index (χ1) is 7.93. The number of benzene rings is 2. The summed E-state index contributed by atoms with van der Waals surface area (Å²) in [6, 6.07) is 17.5. The van der Waals surface area contributed by atoms with E-state index >= 15 is 0 Å². The van der Waals surface area contributed by atoms with Gasteiger partial charge in [-0.05, 0) is 28.1 Å². The molecule has 0 saturated carbocycles. The van der Waals surface area contributed by atoms with Gasteiger partial charge >= 0.3 is 0 Å². The molecule has 16 heavy (non-hydrogen) atoms. The van der Waals surface area contributed by atoms with E-state index in [0.717, 1.165) is 6.42 Å². The van der Waals surface area contributed by atoms with Gasteiger partial charge in [-0.25, -0.2) is 0 Å². The van der Waals surface area contributed by atoms with E-state index in [1.165, 1.54) is 31.7 Å². The van der Waals surface area contributed by atoms with E-state index in [1.807, 2.05) is 11.3 Å². The molecule has 0 saturated heterocycles. The Labute approximate surface area is 98.2 Å². The predicted molar refractivity (Wildman–Crippen MR) is 70.1 cm³/mol.